The van der Waals surface area contributed by atoms with E-state index < -0.39 is 0 Å². The number of rotatable bonds is 4. The van der Waals surface area contributed by atoms with Crippen LogP contribution < -0.4 is 5.32 Å². The summed E-state index contributed by atoms with van der Waals surface area (Å²) in [7, 11) is 0. The molecule has 0 radical (unpaired) electrons. The number of amides is 1. The standard InChI is InChI=1S/C17H15N5OS/c1-12-4-2-3-5-14(12)22-15(6-7-18-22)20-16(23)10-13-11-21-8-9-24-17(21)19-13/h2-9,11H,10H2,1H3,(H,20,23). The Morgan fingerprint density at radius 3 is 3.00 bits per heavy atom. The Kier molecular flexibility index (Phi) is 3.62. The third-order valence-corrected chi connectivity index (χ3v) is 4.51. The molecule has 3 aromatic heterocycles. The van der Waals surface area contributed by atoms with Crippen LogP contribution in [-0.2, 0) is 11.2 Å². The van der Waals surface area contributed by atoms with Crippen LogP contribution >= 0.6 is 11.3 Å². The molecule has 0 spiro atoms. The first-order chi connectivity index (χ1) is 11.7. The lowest BCUT2D eigenvalue weighted by molar-refractivity contribution is -0.115. The maximum atomic E-state index is 12.3. The predicted octanol–water partition coefficient (Wildman–Crippen LogP) is 3.07. The molecule has 1 N–H and O–H groups in total. The van der Waals surface area contributed by atoms with E-state index in [9.17, 15) is 4.79 Å². The zero-order chi connectivity index (χ0) is 16.5. The molecule has 0 unspecified atom stereocenters. The number of aryl methyl sites for hydroxylation is 1. The van der Waals surface area contributed by atoms with Crippen molar-refractivity contribution in [3.05, 3.63) is 65.6 Å². The van der Waals surface area contributed by atoms with Gasteiger partial charge < -0.3 is 5.32 Å². The van der Waals surface area contributed by atoms with Crippen LogP contribution in [0.2, 0.25) is 0 Å². The Morgan fingerprint density at radius 2 is 2.17 bits per heavy atom. The highest BCUT2D eigenvalue weighted by Gasteiger charge is 2.12. The van der Waals surface area contributed by atoms with Gasteiger partial charge in [0.1, 0.15) is 5.82 Å². The largest absolute Gasteiger partial charge is 0.310 e. The summed E-state index contributed by atoms with van der Waals surface area (Å²) in [5.41, 5.74) is 2.78. The summed E-state index contributed by atoms with van der Waals surface area (Å²) >= 11 is 1.55. The molecule has 0 aliphatic rings. The van der Waals surface area contributed by atoms with E-state index in [0.717, 1.165) is 21.9 Å². The second-order valence-corrected chi connectivity index (χ2v) is 6.34. The van der Waals surface area contributed by atoms with Gasteiger partial charge in [-0.2, -0.15) is 5.10 Å². The molecule has 7 heteroatoms. The molecule has 120 valence electrons. The first-order valence-corrected chi connectivity index (χ1v) is 8.39. The fourth-order valence-corrected chi connectivity index (χ4v) is 3.32. The molecule has 0 bridgehead atoms. The molecule has 0 saturated heterocycles. The smallest absolute Gasteiger partial charge is 0.231 e. The monoisotopic (exact) mass is 337 g/mol. The van der Waals surface area contributed by atoms with Gasteiger partial charge in [0.25, 0.3) is 0 Å². The minimum Gasteiger partial charge on any atom is -0.310 e. The molecule has 1 aromatic carbocycles. The number of fused-ring (bicyclic) bond motifs is 1. The Labute approximate surface area is 142 Å². The van der Waals surface area contributed by atoms with E-state index in [2.05, 4.69) is 15.4 Å². The van der Waals surface area contributed by atoms with Crippen molar-refractivity contribution < 1.29 is 4.79 Å². The van der Waals surface area contributed by atoms with E-state index >= 15 is 0 Å². The van der Waals surface area contributed by atoms with Gasteiger partial charge in [-0.15, -0.1) is 11.3 Å². The zero-order valence-electron chi connectivity index (χ0n) is 13.0. The van der Waals surface area contributed by atoms with Gasteiger partial charge in [0.15, 0.2) is 4.96 Å². The number of nitrogens with one attached hydrogen (secondary N) is 1. The van der Waals surface area contributed by atoms with Crippen LogP contribution in [0.3, 0.4) is 0 Å². The molecule has 6 nitrogen and oxygen atoms in total. The number of aromatic nitrogens is 4. The average molecular weight is 337 g/mol. The van der Waals surface area contributed by atoms with Crippen LogP contribution in [0.15, 0.2) is 54.3 Å². The SMILES string of the molecule is Cc1ccccc1-n1nccc1NC(=O)Cc1cn2ccsc2n1. The van der Waals surface area contributed by atoms with E-state index in [4.69, 9.17) is 0 Å². The number of imidazole rings is 1. The number of nitrogens with zero attached hydrogens (tertiary/aromatic N) is 4. The van der Waals surface area contributed by atoms with Crippen molar-refractivity contribution in [3.63, 3.8) is 0 Å². The van der Waals surface area contributed by atoms with E-state index in [1.165, 1.54) is 0 Å². The van der Waals surface area contributed by atoms with Crippen LogP contribution in [0.4, 0.5) is 5.82 Å². The predicted molar refractivity (Wildman–Crippen MR) is 93.7 cm³/mol. The van der Waals surface area contributed by atoms with Gasteiger partial charge in [-0.05, 0) is 18.6 Å². The quantitative estimate of drug-likeness (QED) is 0.622. The molecule has 4 rings (SSSR count). The number of carbonyl (C=O) groups is 1. The van der Waals surface area contributed by atoms with Gasteiger partial charge in [0.05, 0.1) is 24.0 Å². The molecule has 3 heterocycles. The van der Waals surface area contributed by atoms with Crippen molar-refractivity contribution in [3.8, 4) is 5.69 Å². The number of hydrogen-bond donors (Lipinski definition) is 1. The van der Waals surface area contributed by atoms with Crippen molar-refractivity contribution in [2.45, 2.75) is 13.3 Å². The Balaban J connectivity index is 1.53. The van der Waals surface area contributed by atoms with E-state index in [-0.39, 0.29) is 12.3 Å². The first kappa shape index (κ1) is 14.6. The van der Waals surface area contributed by atoms with Crippen molar-refractivity contribution in [2.24, 2.45) is 0 Å². The highest BCUT2D eigenvalue weighted by atomic mass is 32.1. The van der Waals surface area contributed by atoms with Crippen LogP contribution in [-0.4, -0.2) is 25.1 Å². The second kappa shape index (κ2) is 5.93. The van der Waals surface area contributed by atoms with Crippen LogP contribution in [0.25, 0.3) is 10.6 Å². The fourth-order valence-electron chi connectivity index (χ4n) is 2.60. The number of thiazole rings is 1. The highest BCUT2D eigenvalue weighted by molar-refractivity contribution is 7.15. The lowest BCUT2D eigenvalue weighted by Crippen LogP contribution is -2.17. The molecule has 24 heavy (non-hydrogen) atoms. The van der Waals surface area contributed by atoms with Crippen molar-refractivity contribution in [2.75, 3.05) is 5.32 Å². The van der Waals surface area contributed by atoms with Gasteiger partial charge in [-0.1, -0.05) is 18.2 Å². The summed E-state index contributed by atoms with van der Waals surface area (Å²) in [5, 5.41) is 9.20. The minimum atomic E-state index is -0.115. The van der Waals surface area contributed by atoms with E-state index in [1.54, 1.807) is 28.3 Å². The number of para-hydroxylation sites is 1. The van der Waals surface area contributed by atoms with Crippen molar-refractivity contribution >= 4 is 28.0 Å². The third kappa shape index (κ3) is 2.69. The Bertz CT molecular complexity index is 984. The first-order valence-electron chi connectivity index (χ1n) is 7.52. The molecular weight excluding hydrogens is 322 g/mol. The molecule has 0 saturated carbocycles. The van der Waals surface area contributed by atoms with Gasteiger partial charge >= 0.3 is 0 Å². The fraction of sp³-hybridized carbons (Fsp3) is 0.118. The summed E-state index contributed by atoms with van der Waals surface area (Å²) in [6.45, 7) is 2.01. The number of benzene rings is 1. The van der Waals surface area contributed by atoms with Gasteiger partial charge in [0, 0.05) is 23.8 Å². The molecule has 0 aliphatic carbocycles. The van der Waals surface area contributed by atoms with Crippen LogP contribution in [0.1, 0.15) is 11.3 Å². The summed E-state index contributed by atoms with van der Waals surface area (Å²) in [5.74, 6) is 0.534. The van der Waals surface area contributed by atoms with Crippen molar-refractivity contribution in [1.29, 1.82) is 0 Å². The van der Waals surface area contributed by atoms with Gasteiger partial charge in [-0.25, -0.2) is 9.67 Å². The number of anilines is 1. The summed E-state index contributed by atoms with van der Waals surface area (Å²) in [6.07, 6.45) is 5.72. The molecule has 1 amide bonds. The molecule has 0 fully saturated rings. The van der Waals surface area contributed by atoms with Gasteiger partial charge in [-0.3, -0.25) is 9.20 Å². The number of hydrogen-bond acceptors (Lipinski definition) is 4. The minimum absolute atomic E-state index is 0.115. The molecule has 0 aliphatic heterocycles. The lowest BCUT2D eigenvalue weighted by atomic mass is 10.2. The Morgan fingerprint density at radius 1 is 1.29 bits per heavy atom. The third-order valence-electron chi connectivity index (χ3n) is 3.74. The normalized spacial score (nSPS) is 11.0. The second-order valence-electron chi connectivity index (χ2n) is 5.46. The van der Waals surface area contributed by atoms with Crippen molar-refractivity contribution in [1.82, 2.24) is 19.2 Å². The number of carbonyl (C=O) groups excluding carboxylic acids is 1. The average Bonchev–Trinajstić information content (AvgIpc) is 3.24. The molecule has 0 atom stereocenters. The van der Waals surface area contributed by atoms with Gasteiger partial charge in [0.2, 0.25) is 5.91 Å². The van der Waals surface area contributed by atoms with E-state index in [0.29, 0.717) is 5.82 Å². The molecule has 4 aromatic rings. The highest BCUT2D eigenvalue weighted by Crippen LogP contribution is 2.18. The Hall–Kier alpha value is -2.93. The maximum Gasteiger partial charge on any atom is 0.231 e. The summed E-state index contributed by atoms with van der Waals surface area (Å²) in [4.78, 5) is 17.7. The summed E-state index contributed by atoms with van der Waals surface area (Å²) < 4.78 is 3.66. The maximum absolute atomic E-state index is 12.3. The zero-order valence-corrected chi connectivity index (χ0v) is 13.8. The van der Waals surface area contributed by atoms with E-state index in [1.807, 2.05) is 53.4 Å². The molecular formula is C17H15N5OS. The van der Waals surface area contributed by atoms with Crippen LogP contribution in [0, 0.1) is 6.92 Å². The summed E-state index contributed by atoms with van der Waals surface area (Å²) in [6, 6.07) is 9.70. The topological polar surface area (TPSA) is 64.2 Å². The van der Waals surface area contributed by atoms with Crippen LogP contribution in [0.5, 0.6) is 0 Å². The lowest BCUT2D eigenvalue weighted by Gasteiger charge is -2.10.